The molecule has 1 amide bonds. The lowest BCUT2D eigenvalue weighted by molar-refractivity contribution is 0.0787. The highest BCUT2D eigenvalue weighted by atomic mass is 32.2. The highest BCUT2D eigenvalue weighted by molar-refractivity contribution is 7.89. The van der Waals surface area contributed by atoms with Gasteiger partial charge in [0, 0.05) is 32.9 Å². The molecule has 140 valence electrons. The number of ether oxygens (including phenoxy) is 1. The van der Waals surface area contributed by atoms with Crippen molar-refractivity contribution in [3.05, 3.63) is 18.0 Å². The number of hydrogen-bond acceptors (Lipinski definition) is 5. The molecule has 3 N–H and O–H groups in total. The van der Waals surface area contributed by atoms with Crippen LogP contribution in [0.25, 0.3) is 0 Å². The standard InChI is InChI=1S/C16H26N4O4S/c1-24-12-16(5-4-6-18-16)11-19-25(22,23)13-9-14(17-10-13)15(21)20-7-2-3-8-20/h9-10,17-19H,2-8,11-12H2,1H3. The first-order valence-corrected chi connectivity index (χ1v) is 10.2. The minimum Gasteiger partial charge on any atom is -0.383 e. The van der Waals surface area contributed by atoms with E-state index in [1.54, 1.807) is 12.0 Å². The number of likely N-dealkylation sites (tertiary alicyclic amines) is 1. The van der Waals surface area contributed by atoms with E-state index in [0.29, 0.717) is 12.3 Å². The summed E-state index contributed by atoms with van der Waals surface area (Å²) in [4.78, 5) is 17.0. The number of sulfonamides is 1. The summed E-state index contributed by atoms with van der Waals surface area (Å²) in [6.45, 7) is 3.00. The zero-order chi connectivity index (χ0) is 17.9. The van der Waals surface area contributed by atoms with Crippen molar-refractivity contribution in [3.8, 4) is 0 Å². The molecule has 0 radical (unpaired) electrons. The van der Waals surface area contributed by atoms with Crippen LogP contribution in [-0.2, 0) is 14.8 Å². The first-order valence-electron chi connectivity index (χ1n) is 8.67. The molecular weight excluding hydrogens is 344 g/mol. The van der Waals surface area contributed by atoms with E-state index in [1.165, 1.54) is 12.3 Å². The molecule has 25 heavy (non-hydrogen) atoms. The summed E-state index contributed by atoms with van der Waals surface area (Å²) in [6, 6.07) is 1.41. The second-order valence-electron chi connectivity index (χ2n) is 6.82. The van der Waals surface area contributed by atoms with Crippen LogP contribution in [-0.4, -0.2) is 69.6 Å². The molecule has 2 aliphatic heterocycles. The van der Waals surface area contributed by atoms with Crippen molar-refractivity contribution in [1.29, 1.82) is 0 Å². The fraction of sp³-hybridized carbons (Fsp3) is 0.688. The molecule has 0 aromatic carbocycles. The lowest BCUT2D eigenvalue weighted by Gasteiger charge is -2.28. The minimum absolute atomic E-state index is 0.0839. The summed E-state index contributed by atoms with van der Waals surface area (Å²) in [5.41, 5.74) is -0.0559. The van der Waals surface area contributed by atoms with Crippen LogP contribution in [0.5, 0.6) is 0 Å². The maximum Gasteiger partial charge on any atom is 0.270 e. The number of rotatable bonds is 7. The number of carbonyl (C=O) groups excluding carboxylic acids is 1. The van der Waals surface area contributed by atoms with Crippen molar-refractivity contribution >= 4 is 15.9 Å². The van der Waals surface area contributed by atoms with Crippen LogP contribution in [0.15, 0.2) is 17.2 Å². The van der Waals surface area contributed by atoms with E-state index in [0.717, 1.165) is 45.3 Å². The van der Waals surface area contributed by atoms with Crippen LogP contribution in [0, 0.1) is 0 Å². The Morgan fingerprint density at radius 1 is 1.36 bits per heavy atom. The number of hydrogen-bond donors (Lipinski definition) is 3. The fourth-order valence-corrected chi connectivity index (χ4v) is 4.65. The normalized spacial score (nSPS) is 24.1. The molecule has 2 fully saturated rings. The van der Waals surface area contributed by atoms with Gasteiger partial charge in [-0.05, 0) is 38.3 Å². The molecule has 2 saturated heterocycles. The van der Waals surface area contributed by atoms with Crippen LogP contribution in [0.4, 0.5) is 0 Å². The van der Waals surface area contributed by atoms with Gasteiger partial charge in [-0.2, -0.15) is 0 Å². The summed E-state index contributed by atoms with van der Waals surface area (Å²) in [5, 5.41) is 3.34. The van der Waals surface area contributed by atoms with Gasteiger partial charge in [-0.25, -0.2) is 13.1 Å². The minimum atomic E-state index is -3.69. The maximum absolute atomic E-state index is 12.6. The van der Waals surface area contributed by atoms with Crippen molar-refractivity contribution in [2.45, 2.75) is 36.1 Å². The van der Waals surface area contributed by atoms with Crippen LogP contribution in [0.1, 0.15) is 36.2 Å². The van der Waals surface area contributed by atoms with Gasteiger partial charge in [0.15, 0.2) is 0 Å². The van der Waals surface area contributed by atoms with Gasteiger partial charge in [-0.3, -0.25) is 4.79 Å². The van der Waals surface area contributed by atoms with Gasteiger partial charge in [0.25, 0.3) is 5.91 Å². The summed E-state index contributed by atoms with van der Waals surface area (Å²) in [5.74, 6) is -0.146. The smallest absolute Gasteiger partial charge is 0.270 e. The highest BCUT2D eigenvalue weighted by Crippen LogP contribution is 2.21. The van der Waals surface area contributed by atoms with E-state index < -0.39 is 10.0 Å². The van der Waals surface area contributed by atoms with Gasteiger partial charge >= 0.3 is 0 Å². The summed E-state index contributed by atoms with van der Waals surface area (Å²) >= 11 is 0. The predicted molar refractivity (Wildman–Crippen MR) is 93.0 cm³/mol. The van der Waals surface area contributed by atoms with Crippen LogP contribution < -0.4 is 10.0 Å². The van der Waals surface area contributed by atoms with E-state index in [2.05, 4.69) is 15.0 Å². The van der Waals surface area contributed by atoms with Crippen molar-refractivity contribution in [2.24, 2.45) is 0 Å². The van der Waals surface area contributed by atoms with E-state index in [-0.39, 0.29) is 22.9 Å². The third-order valence-electron chi connectivity index (χ3n) is 4.94. The first kappa shape index (κ1) is 18.4. The quantitative estimate of drug-likeness (QED) is 0.640. The third kappa shape index (κ3) is 4.05. The highest BCUT2D eigenvalue weighted by Gasteiger charge is 2.35. The number of amides is 1. The maximum atomic E-state index is 12.6. The molecule has 1 aromatic rings. The second kappa shape index (κ2) is 7.45. The van der Waals surface area contributed by atoms with Gasteiger partial charge in [0.05, 0.1) is 12.1 Å². The number of aromatic nitrogens is 1. The summed E-state index contributed by atoms with van der Waals surface area (Å²) in [6.07, 6.45) is 5.21. The van der Waals surface area contributed by atoms with Crippen molar-refractivity contribution in [1.82, 2.24) is 19.9 Å². The Kier molecular flexibility index (Phi) is 5.47. The molecular formula is C16H26N4O4S. The van der Waals surface area contributed by atoms with Crippen LogP contribution in [0.3, 0.4) is 0 Å². The van der Waals surface area contributed by atoms with Crippen LogP contribution in [0.2, 0.25) is 0 Å². The molecule has 8 nitrogen and oxygen atoms in total. The lowest BCUT2D eigenvalue weighted by atomic mass is 9.99. The Hall–Kier alpha value is -1.42. The SMILES string of the molecule is COCC1(CNS(=O)(=O)c2c[nH]c(C(=O)N3CCCC3)c2)CCCN1. The van der Waals surface area contributed by atoms with Crippen molar-refractivity contribution < 1.29 is 17.9 Å². The summed E-state index contributed by atoms with van der Waals surface area (Å²) in [7, 11) is -2.08. The third-order valence-corrected chi connectivity index (χ3v) is 6.32. The molecule has 3 rings (SSSR count). The van der Waals surface area contributed by atoms with E-state index >= 15 is 0 Å². The average molecular weight is 370 g/mol. The van der Waals surface area contributed by atoms with Gasteiger partial charge in [-0.1, -0.05) is 0 Å². The van der Waals surface area contributed by atoms with Crippen molar-refractivity contribution in [2.75, 3.05) is 39.9 Å². The van der Waals surface area contributed by atoms with E-state index in [1.807, 2.05) is 0 Å². The topological polar surface area (TPSA) is 104 Å². The summed E-state index contributed by atoms with van der Waals surface area (Å²) < 4.78 is 33.0. The van der Waals surface area contributed by atoms with Crippen LogP contribution >= 0.6 is 0 Å². The molecule has 0 aliphatic carbocycles. The zero-order valence-electron chi connectivity index (χ0n) is 14.5. The van der Waals surface area contributed by atoms with Crippen molar-refractivity contribution in [3.63, 3.8) is 0 Å². The van der Waals surface area contributed by atoms with Gasteiger partial charge in [0.1, 0.15) is 10.6 Å². The Morgan fingerprint density at radius 2 is 2.12 bits per heavy atom. The largest absolute Gasteiger partial charge is 0.383 e. The van der Waals surface area contributed by atoms with E-state index in [4.69, 9.17) is 4.74 Å². The Morgan fingerprint density at radius 3 is 2.76 bits per heavy atom. The molecule has 1 atom stereocenters. The fourth-order valence-electron chi connectivity index (χ4n) is 3.53. The molecule has 0 spiro atoms. The van der Waals surface area contributed by atoms with Gasteiger partial charge in [-0.15, -0.1) is 0 Å². The number of nitrogens with zero attached hydrogens (tertiary/aromatic N) is 1. The average Bonchev–Trinajstić information content (AvgIpc) is 3.33. The number of aromatic amines is 1. The molecule has 1 aromatic heterocycles. The predicted octanol–water partition coefficient (Wildman–Crippen LogP) is 0.298. The number of nitrogens with one attached hydrogen (secondary N) is 3. The Balaban J connectivity index is 1.67. The monoisotopic (exact) mass is 370 g/mol. The first-order chi connectivity index (χ1) is 12.0. The number of methoxy groups -OCH3 is 1. The zero-order valence-corrected chi connectivity index (χ0v) is 15.3. The van der Waals surface area contributed by atoms with Gasteiger partial charge in [0.2, 0.25) is 10.0 Å². The molecule has 9 heteroatoms. The molecule has 3 heterocycles. The molecule has 1 unspecified atom stereocenters. The van der Waals surface area contributed by atoms with E-state index in [9.17, 15) is 13.2 Å². The Bertz CT molecular complexity index is 703. The lowest BCUT2D eigenvalue weighted by Crippen LogP contribution is -2.52. The molecule has 2 aliphatic rings. The van der Waals surface area contributed by atoms with Gasteiger partial charge < -0.3 is 19.9 Å². The number of carbonyl (C=O) groups is 1. The molecule has 0 saturated carbocycles. The Labute approximate surface area is 148 Å². The number of H-pyrrole nitrogens is 1. The molecule has 0 bridgehead atoms. The second-order valence-corrected chi connectivity index (χ2v) is 8.58.